The SMILES string of the molecule is CN=C(NCCCn1cnc2ccccc21)NCCc1ccccc1OC.I. The van der Waals surface area contributed by atoms with Crippen molar-refractivity contribution >= 4 is 41.0 Å². The number of hydrogen-bond acceptors (Lipinski definition) is 3. The third-order valence-electron chi connectivity index (χ3n) is 4.50. The molecular formula is C21H28IN5O. The molecule has 0 bridgehead atoms. The topological polar surface area (TPSA) is 63.5 Å². The molecule has 0 saturated heterocycles. The summed E-state index contributed by atoms with van der Waals surface area (Å²) in [5.74, 6) is 1.75. The number of para-hydroxylation sites is 3. The van der Waals surface area contributed by atoms with E-state index in [4.69, 9.17) is 4.74 Å². The van der Waals surface area contributed by atoms with E-state index < -0.39 is 0 Å². The number of fused-ring (bicyclic) bond motifs is 1. The summed E-state index contributed by atoms with van der Waals surface area (Å²) in [6.07, 6.45) is 3.78. The van der Waals surface area contributed by atoms with Gasteiger partial charge in [-0.2, -0.15) is 0 Å². The zero-order valence-electron chi connectivity index (χ0n) is 16.4. The number of nitrogens with zero attached hydrogens (tertiary/aromatic N) is 3. The Kier molecular flexibility index (Phi) is 9.06. The average molecular weight is 493 g/mol. The maximum Gasteiger partial charge on any atom is 0.190 e. The second-order valence-corrected chi connectivity index (χ2v) is 6.27. The first-order valence-electron chi connectivity index (χ1n) is 9.28. The van der Waals surface area contributed by atoms with Crippen LogP contribution in [-0.2, 0) is 13.0 Å². The molecule has 0 aliphatic heterocycles. The second-order valence-electron chi connectivity index (χ2n) is 6.27. The number of nitrogens with one attached hydrogen (secondary N) is 2. The van der Waals surface area contributed by atoms with Gasteiger partial charge in [0.1, 0.15) is 5.75 Å². The van der Waals surface area contributed by atoms with Crippen molar-refractivity contribution in [2.24, 2.45) is 4.99 Å². The van der Waals surface area contributed by atoms with Crippen LogP contribution in [0.1, 0.15) is 12.0 Å². The van der Waals surface area contributed by atoms with Crippen molar-refractivity contribution in [3.05, 3.63) is 60.4 Å². The molecule has 1 aromatic heterocycles. The minimum Gasteiger partial charge on any atom is -0.496 e. The number of aryl methyl sites for hydroxylation is 1. The van der Waals surface area contributed by atoms with Gasteiger partial charge in [-0.15, -0.1) is 24.0 Å². The van der Waals surface area contributed by atoms with E-state index in [1.807, 2.05) is 42.7 Å². The van der Waals surface area contributed by atoms with Crippen LogP contribution in [0.5, 0.6) is 5.75 Å². The molecule has 1 heterocycles. The monoisotopic (exact) mass is 493 g/mol. The van der Waals surface area contributed by atoms with Crippen LogP contribution < -0.4 is 15.4 Å². The molecule has 6 nitrogen and oxygen atoms in total. The molecule has 0 fully saturated rings. The molecule has 7 heteroatoms. The van der Waals surface area contributed by atoms with E-state index >= 15 is 0 Å². The lowest BCUT2D eigenvalue weighted by molar-refractivity contribution is 0.409. The lowest BCUT2D eigenvalue weighted by Gasteiger charge is -2.13. The van der Waals surface area contributed by atoms with Gasteiger partial charge >= 0.3 is 0 Å². The van der Waals surface area contributed by atoms with Gasteiger partial charge in [0.2, 0.25) is 0 Å². The van der Waals surface area contributed by atoms with E-state index in [-0.39, 0.29) is 24.0 Å². The highest BCUT2D eigenvalue weighted by molar-refractivity contribution is 14.0. The zero-order valence-corrected chi connectivity index (χ0v) is 18.7. The van der Waals surface area contributed by atoms with Crippen molar-refractivity contribution in [2.75, 3.05) is 27.2 Å². The van der Waals surface area contributed by atoms with Gasteiger partial charge < -0.3 is 19.9 Å². The summed E-state index contributed by atoms with van der Waals surface area (Å²) in [5, 5.41) is 6.73. The van der Waals surface area contributed by atoms with Crippen LogP contribution in [0, 0.1) is 0 Å². The number of rotatable bonds is 8. The van der Waals surface area contributed by atoms with E-state index in [1.54, 1.807) is 14.2 Å². The van der Waals surface area contributed by atoms with Crippen LogP contribution in [0.3, 0.4) is 0 Å². The Labute approximate surface area is 183 Å². The Morgan fingerprint density at radius 2 is 1.82 bits per heavy atom. The maximum absolute atomic E-state index is 5.39. The van der Waals surface area contributed by atoms with E-state index in [0.29, 0.717) is 0 Å². The minimum absolute atomic E-state index is 0. The lowest BCUT2D eigenvalue weighted by atomic mass is 10.1. The first-order chi connectivity index (χ1) is 13.3. The first kappa shape index (κ1) is 22.0. The highest BCUT2D eigenvalue weighted by atomic mass is 127. The Bertz CT molecular complexity index is 893. The summed E-state index contributed by atoms with van der Waals surface area (Å²) < 4.78 is 7.58. The molecular weight excluding hydrogens is 465 g/mol. The first-order valence-corrected chi connectivity index (χ1v) is 9.28. The number of halogens is 1. The normalized spacial score (nSPS) is 11.1. The van der Waals surface area contributed by atoms with E-state index in [9.17, 15) is 0 Å². The summed E-state index contributed by atoms with van der Waals surface area (Å²) >= 11 is 0. The van der Waals surface area contributed by atoms with E-state index in [0.717, 1.165) is 49.7 Å². The Balaban J connectivity index is 0.00000280. The molecule has 0 saturated carbocycles. The molecule has 0 unspecified atom stereocenters. The van der Waals surface area contributed by atoms with Gasteiger partial charge in [-0.1, -0.05) is 30.3 Å². The molecule has 0 amide bonds. The van der Waals surface area contributed by atoms with Crippen LogP contribution in [0.4, 0.5) is 0 Å². The van der Waals surface area contributed by atoms with Gasteiger partial charge in [0, 0.05) is 26.7 Å². The average Bonchev–Trinajstić information content (AvgIpc) is 3.13. The highest BCUT2D eigenvalue weighted by Crippen LogP contribution is 2.17. The fourth-order valence-corrected chi connectivity index (χ4v) is 3.09. The molecule has 28 heavy (non-hydrogen) atoms. The van der Waals surface area contributed by atoms with Gasteiger partial charge in [-0.25, -0.2) is 4.98 Å². The largest absolute Gasteiger partial charge is 0.496 e. The van der Waals surface area contributed by atoms with Gasteiger partial charge in [-0.3, -0.25) is 4.99 Å². The van der Waals surface area contributed by atoms with Crippen molar-refractivity contribution in [1.29, 1.82) is 0 Å². The highest BCUT2D eigenvalue weighted by Gasteiger charge is 2.03. The maximum atomic E-state index is 5.39. The third-order valence-corrected chi connectivity index (χ3v) is 4.50. The van der Waals surface area contributed by atoms with Crippen molar-refractivity contribution < 1.29 is 4.74 Å². The Morgan fingerprint density at radius 3 is 2.64 bits per heavy atom. The fourth-order valence-electron chi connectivity index (χ4n) is 3.09. The quantitative estimate of drug-likeness (QED) is 0.219. The zero-order chi connectivity index (χ0) is 18.9. The lowest BCUT2D eigenvalue weighted by Crippen LogP contribution is -2.39. The van der Waals surface area contributed by atoms with Crippen LogP contribution in [0.15, 0.2) is 59.9 Å². The Morgan fingerprint density at radius 1 is 1.07 bits per heavy atom. The van der Waals surface area contributed by atoms with Crippen molar-refractivity contribution in [1.82, 2.24) is 20.2 Å². The second kappa shape index (κ2) is 11.5. The summed E-state index contributed by atoms with van der Waals surface area (Å²) in [5.41, 5.74) is 3.41. The van der Waals surface area contributed by atoms with Crippen molar-refractivity contribution in [3.63, 3.8) is 0 Å². The van der Waals surface area contributed by atoms with Gasteiger partial charge in [0.25, 0.3) is 0 Å². The van der Waals surface area contributed by atoms with Crippen molar-refractivity contribution in [2.45, 2.75) is 19.4 Å². The number of methoxy groups -OCH3 is 1. The van der Waals surface area contributed by atoms with Crippen LogP contribution in [-0.4, -0.2) is 42.8 Å². The number of benzene rings is 2. The fraction of sp³-hybridized carbons (Fsp3) is 0.333. The molecule has 0 radical (unpaired) electrons. The summed E-state index contributed by atoms with van der Waals surface area (Å²) in [4.78, 5) is 8.72. The van der Waals surface area contributed by atoms with Crippen LogP contribution >= 0.6 is 24.0 Å². The standard InChI is InChI=1S/C21H27N5O.HI/c1-22-21(24-14-12-17-8-3-6-11-20(17)27-2)23-13-7-15-26-16-25-18-9-4-5-10-19(18)26;/h3-6,8-11,16H,7,12-15H2,1-2H3,(H2,22,23,24);1H. The van der Waals surface area contributed by atoms with Crippen LogP contribution in [0.25, 0.3) is 11.0 Å². The van der Waals surface area contributed by atoms with Gasteiger partial charge in [-0.05, 0) is 36.6 Å². The number of imidazole rings is 1. The molecule has 0 aliphatic rings. The number of ether oxygens (including phenoxy) is 1. The summed E-state index contributed by atoms with van der Waals surface area (Å²) in [6.45, 7) is 2.57. The number of guanidine groups is 1. The minimum atomic E-state index is 0. The molecule has 2 N–H and O–H groups in total. The third kappa shape index (κ3) is 5.85. The van der Waals surface area contributed by atoms with E-state index in [2.05, 4.69) is 37.3 Å². The summed E-state index contributed by atoms with van der Waals surface area (Å²) in [7, 11) is 3.50. The van der Waals surface area contributed by atoms with Crippen molar-refractivity contribution in [3.8, 4) is 5.75 Å². The van der Waals surface area contributed by atoms with Gasteiger partial charge in [0.15, 0.2) is 5.96 Å². The number of aromatic nitrogens is 2. The molecule has 2 aromatic carbocycles. The van der Waals surface area contributed by atoms with Gasteiger partial charge in [0.05, 0.1) is 24.5 Å². The molecule has 0 atom stereocenters. The molecule has 3 aromatic rings. The predicted molar refractivity (Wildman–Crippen MR) is 126 cm³/mol. The Hall–Kier alpha value is -2.29. The predicted octanol–water partition coefficient (Wildman–Crippen LogP) is 3.46. The molecule has 150 valence electrons. The molecule has 3 rings (SSSR count). The molecule has 0 spiro atoms. The molecule has 0 aliphatic carbocycles. The number of hydrogen-bond donors (Lipinski definition) is 2. The summed E-state index contributed by atoms with van der Waals surface area (Å²) in [6, 6.07) is 16.3. The smallest absolute Gasteiger partial charge is 0.190 e. The van der Waals surface area contributed by atoms with E-state index in [1.165, 1.54) is 11.1 Å². The van der Waals surface area contributed by atoms with Crippen LogP contribution in [0.2, 0.25) is 0 Å². The number of aliphatic imine (C=N–C) groups is 1.